The molecule has 4 nitrogen and oxygen atoms in total. The van der Waals surface area contributed by atoms with Crippen molar-refractivity contribution in [3.05, 3.63) is 0 Å². The van der Waals surface area contributed by atoms with E-state index >= 15 is 0 Å². The Morgan fingerprint density at radius 1 is 1.10 bits per heavy atom. The van der Waals surface area contributed by atoms with Crippen molar-refractivity contribution in [1.82, 2.24) is 10.2 Å². The number of hydrogen-bond donors (Lipinski definition) is 1. The Morgan fingerprint density at radius 2 is 1.80 bits per heavy atom. The molecule has 3 aliphatic rings. The lowest BCUT2D eigenvalue weighted by atomic mass is 9.73. The molecule has 1 aliphatic heterocycles. The Hall–Kier alpha value is -1.06. The first-order valence-corrected chi connectivity index (χ1v) is 8.27. The van der Waals surface area contributed by atoms with Crippen LogP contribution >= 0.6 is 0 Å². The van der Waals surface area contributed by atoms with Crippen molar-refractivity contribution in [3.8, 4) is 0 Å². The van der Waals surface area contributed by atoms with Gasteiger partial charge in [-0.1, -0.05) is 39.0 Å². The van der Waals surface area contributed by atoms with Crippen LogP contribution in [0.5, 0.6) is 0 Å². The van der Waals surface area contributed by atoms with E-state index in [2.05, 4.69) is 12.2 Å². The van der Waals surface area contributed by atoms with Gasteiger partial charge < -0.3 is 5.32 Å². The van der Waals surface area contributed by atoms with Gasteiger partial charge in [-0.15, -0.1) is 0 Å². The van der Waals surface area contributed by atoms with Crippen LogP contribution in [0.25, 0.3) is 0 Å². The molecule has 0 unspecified atom stereocenters. The lowest BCUT2D eigenvalue weighted by Crippen LogP contribution is -2.54. The van der Waals surface area contributed by atoms with E-state index in [4.69, 9.17) is 0 Å². The molecule has 3 rings (SSSR count). The number of nitrogens with zero attached hydrogens (tertiary/aromatic N) is 1. The van der Waals surface area contributed by atoms with Crippen molar-refractivity contribution in [3.63, 3.8) is 0 Å². The number of nitrogens with one attached hydrogen (secondary N) is 1. The molecule has 3 fully saturated rings. The van der Waals surface area contributed by atoms with Gasteiger partial charge in [0, 0.05) is 6.54 Å². The fourth-order valence-corrected chi connectivity index (χ4v) is 4.29. The molecule has 3 amide bonds. The van der Waals surface area contributed by atoms with E-state index in [9.17, 15) is 9.59 Å². The SMILES string of the molecule is C[C@@H]1CCCC[C@@]12NC(=O)N(CC1CCCCC1)C2=O. The summed E-state index contributed by atoms with van der Waals surface area (Å²) in [7, 11) is 0. The zero-order valence-corrected chi connectivity index (χ0v) is 12.5. The third-order valence-electron chi connectivity index (χ3n) is 5.67. The zero-order valence-electron chi connectivity index (χ0n) is 12.5. The van der Waals surface area contributed by atoms with E-state index < -0.39 is 5.54 Å². The zero-order chi connectivity index (χ0) is 14.2. The van der Waals surface area contributed by atoms with Gasteiger partial charge in [-0.05, 0) is 37.5 Å². The van der Waals surface area contributed by atoms with Crippen molar-refractivity contribution < 1.29 is 9.59 Å². The standard InChI is InChI=1S/C16H26N2O2/c1-12-7-5-6-10-16(12)14(19)18(15(20)17-16)11-13-8-3-2-4-9-13/h12-13H,2-11H2,1H3,(H,17,20)/t12-,16-/m1/s1. The smallest absolute Gasteiger partial charge is 0.323 e. The highest BCUT2D eigenvalue weighted by Gasteiger charge is 2.54. The summed E-state index contributed by atoms with van der Waals surface area (Å²) in [6.07, 6.45) is 10.2. The summed E-state index contributed by atoms with van der Waals surface area (Å²) in [6.45, 7) is 2.75. The minimum Gasteiger partial charge on any atom is -0.323 e. The summed E-state index contributed by atoms with van der Waals surface area (Å²) in [5, 5.41) is 3.05. The minimum atomic E-state index is -0.579. The van der Waals surface area contributed by atoms with Crippen LogP contribution in [0.4, 0.5) is 4.79 Å². The molecule has 2 atom stereocenters. The van der Waals surface area contributed by atoms with E-state index in [-0.39, 0.29) is 17.9 Å². The van der Waals surface area contributed by atoms with Crippen LogP contribution in [-0.4, -0.2) is 28.9 Å². The maximum atomic E-state index is 12.8. The van der Waals surface area contributed by atoms with E-state index in [1.165, 1.54) is 43.4 Å². The van der Waals surface area contributed by atoms with Gasteiger partial charge >= 0.3 is 6.03 Å². The Bertz CT molecular complexity index is 403. The molecule has 4 heteroatoms. The van der Waals surface area contributed by atoms with Crippen LogP contribution in [-0.2, 0) is 4.79 Å². The molecule has 2 aliphatic carbocycles. The summed E-state index contributed by atoms with van der Waals surface area (Å²) in [5.41, 5.74) is -0.579. The van der Waals surface area contributed by atoms with E-state index in [1.54, 1.807) is 0 Å². The molecule has 1 N–H and O–H groups in total. The Balaban J connectivity index is 1.72. The molecule has 0 aromatic carbocycles. The molecular formula is C16H26N2O2. The number of hydrogen-bond acceptors (Lipinski definition) is 2. The van der Waals surface area contributed by atoms with Crippen molar-refractivity contribution in [2.75, 3.05) is 6.54 Å². The normalized spacial score (nSPS) is 35.6. The molecule has 1 saturated heterocycles. The number of imide groups is 1. The summed E-state index contributed by atoms with van der Waals surface area (Å²) in [6, 6.07) is -0.144. The van der Waals surface area contributed by atoms with Gasteiger partial charge in [0.1, 0.15) is 5.54 Å². The fraction of sp³-hybridized carbons (Fsp3) is 0.875. The van der Waals surface area contributed by atoms with Crippen LogP contribution in [0.15, 0.2) is 0 Å². The van der Waals surface area contributed by atoms with Gasteiger partial charge in [0.2, 0.25) is 0 Å². The lowest BCUT2D eigenvalue weighted by molar-refractivity contribution is -0.134. The molecule has 1 heterocycles. The molecule has 20 heavy (non-hydrogen) atoms. The second-order valence-corrected chi connectivity index (χ2v) is 6.97. The summed E-state index contributed by atoms with van der Waals surface area (Å²) in [5.74, 6) is 0.844. The highest BCUT2D eigenvalue weighted by atomic mass is 16.2. The van der Waals surface area contributed by atoms with Gasteiger partial charge in [-0.3, -0.25) is 9.69 Å². The first-order valence-electron chi connectivity index (χ1n) is 8.27. The third-order valence-corrected chi connectivity index (χ3v) is 5.67. The monoisotopic (exact) mass is 278 g/mol. The minimum absolute atomic E-state index is 0.0558. The van der Waals surface area contributed by atoms with E-state index in [0.29, 0.717) is 12.5 Å². The van der Waals surface area contributed by atoms with Crippen molar-refractivity contribution in [2.45, 2.75) is 70.3 Å². The lowest BCUT2D eigenvalue weighted by Gasteiger charge is -2.37. The molecule has 1 spiro atoms. The number of carbonyl (C=O) groups excluding carboxylic acids is 2. The topological polar surface area (TPSA) is 49.4 Å². The Labute approximate surface area is 121 Å². The highest BCUT2D eigenvalue weighted by molar-refractivity contribution is 6.07. The Morgan fingerprint density at radius 3 is 2.50 bits per heavy atom. The van der Waals surface area contributed by atoms with Gasteiger partial charge in [0.15, 0.2) is 0 Å². The third kappa shape index (κ3) is 2.23. The van der Waals surface area contributed by atoms with Crippen LogP contribution in [0.1, 0.15) is 64.7 Å². The first kappa shape index (κ1) is 13.9. The predicted molar refractivity (Wildman–Crippen MR) is 77.2 cm³/mol. The fourth-order valence-electron chi connectivity index (χ4n) is 4.29. The maximum absolute atomic E-state index is 12.8. The summed E-state index contributed by atoms with van der Waals surface area (Å²) >= 11 is 0. The van der Waals surface area contributed by atoms with Crippen LogP contribution in [0, 0.1) is 11.8 Å². The predicted octanol–water partition coefficient (Wildman–Crippen LogP) is 3.07. The average molecular weight is 278 g/mol. The number of urea groups is 1. The van der Waals surface area contributed by atoms with E-state index in [1.807, 2.05) is 0 Å². The van der Waals surface area contributed by atoms with E-state index in [0.717, 1.165) is 19.3 Å². The summed E-state index contributed by atoms with van der Waals surface area (Å²) in [4.78, 5) is 26.6. The quantitative estimate of drug-likeness (QED) is 0.789. The molecule has 0 radical (unpaired) electrons. The molecule has 2 saturated carbocycles. The van der Waals surface area contributed by atoms with Crippen molar-refractivity contribution >= 4 is 11.9 Å². The van der Waals surface area contributed by atoms with Crippen molar-refractivity contribution in [1.29, 1.82) is 0 Å². The van der Waals surface area contributed by atoms with Gasteiger partial charge in [-0.25, -0.2) is 4.79 Å². The van der Waals surface area contributed by atoms with Gasteiger partial charge in [0.05, 0.1) is 0 Å². The van der Waals surface area contributed by atoms with Crippen LogP contribution in [0.3, 0.4) is 0 Å². The van der Waals surface area contributed by atoms with Crippen LogP contribution < -0.4 is 5.32 Å². The second-order valence-electron chi connectivity index (χ2n) is 6.97. The second kappa shape index (κ2) is 5.38. The number of rotatable bonds is 2. The molecular weight excluding hydrogens is 252 g/mol. The molecule has 112 valence electrons. The highest BCUT2D eigenvalue weighted by Crippen LogP contribution is 2.39. The van der Waals surface area contributed by atoms with Gasteiger partial charge in [-0.2, -0.15) is 0 Å². The van der Waals surface area contributed by atoms with Crippen LogP contribution in [0.2, 0.25) is 0 Å². The maximum Gasteiger partial charge on any atom is 0.325 e. The van der Waals surface area contributed by atoms with Crippen molar-refractivity contribution in [2.24, 2.45) is 11.8 Å². The summed E-state index contributed by atoms with van der Waals surface area (Å²) < 4.78 is 0. The van der Waals surface area contributed by atoms with Gasteiger partial charge in [0.25, 0.3) is 5.91 Å². The molecule has 0 bridgehead atoms. The molecule has 0 aromatic heterocycles. The molecule has 0 aromatic rings. The first-order chi connectivity index (χ1) is 9.63. The number of amides is 3. The number of carbonyl (C=O) groups is 2. The Kier molecular flexibility index (Phi) is 3.74. The largest absolute Gasteiger partial charge is 0.325 e. The average Bonchev–Trinajstić information content (AvgIpc) is 2.69.